The standard InChI is InChI=1S/C14H11NO3/c15-12-6-9-8-17-14(16)11(9)7-13(12)18-10-4-2-1-3-5-10/h1-7H,8,15H2. The van der Waals surface area contributed by atoms with Gasteiger partial charge in [-0.05, 0) is 24.3 Å². The highest BCUT2D eigenvalue weighted by molar-refractivity contribution is 5.94. The summed E-state index contributed by atoms with van der Waals surface area (Å²) < 4.78 is 10.6. The smallest absolute Gasteiger partial charge is 0.339 e. The zero-order chi connectivity index (χ0) is 12.5. The van der Waals surface area contributed by atoms with Gasteiger partial charge in [0.1, 0.15) is 12.4 Å². The fraction of sp³-hybridized carbons (Fsp3) is 0.0714. The Hall–Kier alpha value is -2.49. The molecule has 1 aliphatic heterocycles. The van der Waals surface area contributed by atoms with Crippen LogP contribution in [0.2, 0.25) is 0 Å². The van der Waals surface area contributed by atoms with Crippen LogP contribution in [0.25, 0.3) is 0 Å². The number of fused-ring (bicyclic) bond motifs is 1. The first-order chi connectivity index (χ1) is 8.74. The molecule has 0 atom stereocenters. The van der Waals surface area contributed by atoms with Crippen LogP contribution < -0.4 is 10.5 Å². The first kappa shape index (κ1) is 10.7. The Morgan fingerprint density at radius 2 is 1.94 bits per heavy atom. The summed E-state index contributed by atoms with van der Waals surface area (Å²) in [6, 6.07) is 12.6. The molecule has 3 rings (SSSR count). The Morgan fingerprint density at radius 1 is 1.17 bits per heavy atom. The van der Waals surface area contributed by atoms with Gasteiger partial charge in [-0.3, -0.25) is 0 Å². The Balaban J connectivity index is 1.98. The fourth-order valence-corrected chi connectivity index (χ4v) is 1.88. The normalized spacial score (nSPS) is 13.0. The Bertz CT molecular complexity index is 608. The number of nitrogens with two attached hydrogens (primary N) is 1. The van der Waals surface area contributed by atoms with Crippen molar-refractivity contribution < 1.29 is 14.3 Å². The van der Waals surface area contributed by atoms with Crippen molar-refractivity contribution >= 4 is 11.7 Å². The number of hydrogen-bond donors (Lipinski definition) is 1. The molecule has 0 unspecified atom stereocenters. The molecular formula is C14H11NO3. The maximum Gasteiger partial charge on any atom is 0.339 e. The number of para-hydroxylation sites is 1. The zero-order valence-corrected chi connectivity index (χ0v) is 9.55. The maximum absolute atomic E-state index is 11.5. The van der Waals surface area contributed by atoms with Crippen molar-refractivity contribution in [3.63, 3.8) is 0 Å². The second-order valence-electron chi connectivity index (χ2n) is 4.04. The predicted molar refractivity (Wildman–Crippen MR) is 66.5 cm³/mol. The third kappa shape index (κ3) is 1.78. The Kier molecular flexibility index (Phi) is 2.41. The van der Waals surface area contributed by atoms with Gasteiger partial charge in [0.25, 0.3) is 0 Å². The van der Waals surface area contributed by atoms with E-state index >= 15 is 0 Å². The second kappa shape index (κ2) is 4.07. The minimum atomic E-state index is -0.331. The van der Waals surface area contributed by atoms with Crippen molar-refractivity contribution in [3.8, 4) is 11.5 Å². The molecule has 2 aromatic carbocycles. The lowest BCUT2D eigenvalue weighted by atomic mass is 10.1. The summed E-state index contributed by atoms with van der Waals surface area (Å²) in [5.41, 5.74) is 7.72. The molecule has 4 nitrogen and oxygen atoms in total. The van der Waals surface area contributed by atoms with Gasteiger partial charge in [-0.2, -0.15) is 0 Å². The summed E-state index contributed by atoms with van der Waals surface area (Å²) in [4.78, 5) is 11.5. The van der Waals surface area contributed by atoms with Gasteiger partial charge in [0.2, 0.25) is 0 Å². The molecule has 0 amide bonds. The van der Waals surface area contributed by atoms with Crippen LogP contribution in [0.4, 0.5) is 5.69 Å². The lowest BCUT2D eigenvalue weighted by Crippen LogP contribution is -1.98. The molecule has 0 fully saturated rings. The molecule has 0 aliphatic carbocycles. The van der Waals surface area contributed by atoms with Crippen LogP contribution in [0.1, 0.15) is 15.9 Å². The number of rotatable bonds is 2. The molecule has 90 valence electrons. The number of carbonyl (C=O) groups is 1. The summed E-state index contributed by atoms with van der Waals surface area (Å²) in [6.45, 7) is 0.282. The first-order valence-corrected chi connectivity index (χ1v) is 5.56. The van der Waals surface area contributed by atoms with Gasteiger partial charge in [0.05, 0.1) is 11.3 Å². The van der Waals surface area contributed by atoms with E-state index in [4.69, 9.17) is 15.2 Å². The first-order valence-electron chi connectivity index (χ1n) is 5.56. The van der Waals surface area contributed by atoms with Gasteiger partial charge in [0, 0.05) is 5.56 Å². The summed E-state index contributed by atoms with van der Waals surface area (Å²) in [7, 11) is 0. The maximum atomic E-state index is 11.5. The second-order valence-corrected chi connectivity index (χ2v) is 4.04. The van der Waals surface area contributed by atoms with Crippen molar-refractivity contribution in [2.75, 3.05) is 5.73 Å². The van der Waals surface area contributed by atoms with Crippen molar-refractivity contribution in [3.05, 3.63) is 53.6 Å². The Labute approximate surface area is 104 Å². The topological polar surface area (TPSA) is 61.5 Å². The molecule has 4 heteroatoms. The number of cyclic esters (lactones) is 1. The van der Waals surface area contributed by atoms with Gasteiger partial charge >= 0.3 is 5.97 Å². The largest absolute Gasteiger partial charge is 0.457 e. The summed E-state index contributed by atoms with van der Waals surface area (Å²) in [5.74, 6) is 0.817. The number of carbonyl (C=O) groups excluding carboxylic acids is 1. The molecule has 0 saturated carbocycles. The molecule has 0 saturated heterocycles. The van der Waals surface area contributed by atoms with E-state index in [9.17, 15) is 4.79 Å². The lowest BCUT2D eigenvalue weighted by molar-refractivity contribution is 0.0535. The van der Waals surface area contributed by atoms with Gasteiger partial charge in [-0.25, -0.2) is 4.79 Å². The molecule has 0 bridgehead atoms. The lowest BCUT2D eigenvalue weighted by Gasteiger charge is -2.09. The third-order valence-corrected chi connectivity index (χ3v) is 2.79. The van der Waals surface area contributed by atoms with Gasteiger partial charge < -0.3 is 15.2 Å². The molecule has 0 radical (unpaired) electrons. The highest BCUT2D eigenvalue weighted by atomic mass is 16.5. The van der Waals surface area contributed by atoms with Crippen molar-refractivity contribution in [1.82, 2.24) is 0 Å². The van der Waals surface area contributed by atoms with Gasteiger partial charge in [0.15, 0.2) is 5.75 Å². The van der Waals surface area contributed by atoms with E-state index in [-0.39, 0.29) is 12.6 Å². The van der Waals surface area contributed by atoms with E-state index in [1.165, 1.54) is 0 Å². The fourth-order valence-electron chi connectivity index (χ4n) is 1.88. The highest BCUT2D eigenvalue weighted by Gasteiger charge is 2.23. The highest BCUT2D eigenvalue weighted by Crippen LogP contribution is 2.33. The molecule has 0 aromatic heterocycles. The average Bonchev–Trinajstić information content (AvgIpc) is 2.73. The molecule has 1 aliphatic rings. The number of benzene rings is 2. The van der Waals surface area contributed by atoms with Crippen LogP contribution >= 0.6 is 0 Å². The van der Waals surface area contributed by atoms with E-state index in [2.05, 4.69) is 0 Å². The molecule has 1 heterocycles. The summed E-state index contributed by atoms with van der Waals surface area (Å²) in [5, 5.41) is 0. The van der Waals surface area contributed by atoms with Crippen LogP contribution in [0, 0.1) is 0 Å². The van der Waals surface area contributed by atoms with Crippen LogP contribution in [-0.4, -0.2) is 5.97 Å². The van der Waals surface area contributed by atoms with Crippen LogP contribution in [0.3, 0.4) is 0 Å². The molecule has 0 spiro atoms. The van der Waals surface area contributed by atoms with Crippen LogP contribution in [-0.2, 0) is 11.3 Å². The number of ether oxygens (including phenoxy) is 2. The van der Waals surface area contributed by atoms with Crippen LogP contribution in [0.5, 0.6) is 11.5 Å². The minimum Gasteiger partial charge on any atom is -0.457 e. The molecule has 2 aromatic rings. The quantitative estimate of drug-likeness (QED) is 0.648. The zero-order valence-electron chi connectivity index (χ0n) is 9.55. The number of hydrogen-bond acceptors (Lipinski definition) is 4. The number of anilines is 1. The monoisotopic (exact) mass is 241 g/mol. The predicted octanol–water partition coefficient (Wildman–Crippen LogP) is 2.73. The SMILES string of the molecule is Nc1cc2c(cc1Oc1ccccc1)C(=O)OC2. The van der Waals surface area contributed by atoms with Gasteiger partial charge in [-0.1, -0.05) is 18.2 Å². The van der Waals surface area contributed by atoms with E-state index in [0.29, 0.717) is 22.7 Å². The minimum absolute atomic E-state index is 0.282. The van der Waals surface area contributed by atoms with Crippen molar-refractivity contribution in [2.24, 2.45) is 0 Å². The molecule has 18 heavy (non-hydrogen) atoms. The molecular weight excluding hydrogens is 230 g/mol. The number of nitrogen functional groups attached to an aromatic ring is 1. The van der Waals surface area contributed by atoms with Gasteiger partial charge in [-0.15, -0.1) is 0 Å². The van der Waals surface area contributed by atoms with E-state index in [1.807, 2.05) is 30.3 Å². The summed E-state index contributed by atoms with van der Waals surface area (Å²) in [6.07, 6.45) is 0. The third-order valence-electron chi connectivity index (χ3n) is 2.79. The van der Waals surface area contributed by atoms with E-state index in [1.54, 1.807) is 12.1 Å². The van der Waals surface area contributed by atoms with E-state index in [0.717, 1.165) is 5.56 Å². The average molecular weight is 241 g/mol. The van der Waals surface area contributed by atoms with Crippen molar-refractivity contribution in [1.29, 1.82) is 0 Å². The Morgan fingerprint density at radius 3 is 2.72 bits per heavy atom. The summed E-state index contributed by atoms with van der Waals surface area (Å²) >= 11 is 0. The van der Waals surface area contributed by atoms with Crippen LogP contribution in [0.15, 0.2) is 42.5 Å². The number of esters is 1. The van der Waals surface area contributed by atoms with Crippen molar-refractivity contribution in [2.45, 2.75) is 6.61 Å². The molecule has 2 N–H and O–H groups in total. The van der Waals surface area contributed by atoms with E-state index < -0.39 is 0 Å².